The summed E-state index contributed by atoms with van der Waals surface area (Å²) >= 11 is 3.45. The van der Waals surface area contributed by atoms with Gasteiger partial charge in [-0.05, 0) is 42.5 Å². The number of hydrogen-bond acceptors (Lipinski definition) is 1. The zero-order chi connectivity index (χ0) is 10.6. The van der Waals surface area contributed by atoms with E-state index in [4.69, 9.17) is 5.11 Å². The molecule has 0 amide bonds. The number of carbonyl (C=O) groups is 1. The molecule has 2 aliphatic rings. The topological polar surface area (TPSA) is 37.3 Å². The van der Waals surface area contributed by atoms with E-state index < -0.39 is 5.97 Å². The Morgan fingerprint density at radius 1 is 1.53 bits per heavy atom. The highest BCUT2D eigenvalue weighted by molar-refractivity contribution is 9.10. The molecule has 0 aliphatic heterocycles. The highest BCUT2D eigenvalue weighted by Gasteiger charge is 2.61. The van der Waals surface area contributed by atoms with Crippen molar-refractivity contribution in [3.05, 3.63) is 33.8 Å². The molecular weight excluding hydrogens is 256 g/mol. The Bertz CT molecular complexity index is 455. The largest absolute Gasteiger partial charge is 0.481 e. The summed E-state index contributed by atoms with van der Waals surface area (Å²) in [7, 11) is 0. The van der Waals surface area contributed by atoms with Crippen molar-refractivity contribution in [2.45, 2.75) is 24.7 Å². The number of carboxylic acid groups (broad SMARTS) is 1. The summed E-state index contributed by atoms with van der Waals surface area (Å²) in [4.78, 5) is 11.0. The van der Waals surface area contributed by atoms with Gasteiger partial charge in [0.05, 0.1) is 5.92 Å². The molecule has 1 fully saturated rings. The second kappa shape index (κ2) is 2.85. The lowest BCUT2D eigenvalue weighted by molar-refractivity contribution is -0.139. The van der Waals surface area contributed by atoms with Crippen LogP contribution >= 0.6 is 15.9 Å². The zero-order valence-electron chi connectivity index (χ0n) is 8.16. The third-order valence-corrected chi connectivity index (χ3v) is 4.31. The van der Waals surface area contributed by atoms with Crippen molar-refractivity contribution in [3.8, 4) is 0 Å². The second-order valence-electron chi connectivity index (χ2n) is 4.55. The molecule has 2 nitrogen and oxygen atoms in total. The van der Waals surface area contributed by atoms with Gasteiger partial charge in [-0.1, -0.05) is 22.0 Å². The molecule has 0 saturated heterocycles. The zero-order valence-corrected chi connectivity index (χ0v) is 9.75. The van der Waals surface area contributed by atoms with Crippen molar-refractivity contribution in [2.75, 3.05) is 0 Å². The Morgan fingerprint density at radius 2 is 2.33 bits per heavy atom. The number of fused-ring (bicyclic) bond motifs is 2. The van der Waals surface area contributed by atoms with Crippen molar-refractivity contribution in [1.29, 1.82) is 0 Å². The molecule has 2 aliphatic carbocycles. The molecule has 1 spiro atoms. The first kappa shape index (κ1) is 9.40. The number of hydrogen-bond donors (Lipinski definition) is 1. The summed E-state index contributed by atoms with van der Waals surface area (Å²) < 4.78 is 1.09. The minimum atomic E-state index is -0.634. The number of carboxylic acids is 1. The number of rotatable bonds is 1. The summed E-state index contributed by atoms with van der Waals surface area (Å²) in [6.45, 7) is 0. The molecule has 1 saturated carbocycles. The van der Waals surface area contributed by atoms with E-state index in [0.717, 1.165) is 23.7 Å². The maximum absolute atomic E-state index is 11.0. The van der Waals surface area contributed by atoms with E-state index in [2.05, 4.69) is 28.1 Å². The summed E-state index contributed by atoms with van der Waals surface area (Å²) in [6.07, 6.45) is 2.87. The molecule has 3 heteroatoms. The molecule has 78 valence electrons. The Labute approximate surface area is 96.4 Å². The Balaban J connectivity index is 2.04. The van der Waals surface area contributed by atoms with Crippen molar-refractivity contribution >= 4 is 21.9 Å². The maximum Gasteiger partial charge on any atom is 0.307 e. The summed E-state index contributed by atoms with van der Waals surface area (Å²) in [6, 6.07) is 6.24. The third-order valence-electron chi connectivity index (χ3n) is 3.82. The van der Waals surface area contributed by atoms with Gasteiger partial charge < -0.3 is 5.11 Å². The summed E-state index contributed by atoms with van der Waals surface area (Å²) in [5.74, 6) is -0.773. The first-order chi connectivity index (χ1) is 7.13. The van der Waals surface area contributed by atoms with E-state index >= 15 is 0 Å². The van der Waals surface area contributed by atoms with Gasteiger partial charge in [-0.15, -0.1) is 0 Å². The minimum Gasteiger partial charge on any atom is -0.481 e. The fraction of sp³-hybridized carbons (Fsp3) is 0.417. The van der Waals surface area contributed by atoms with Crippen LogP contribution in [0.4, 0.5) is 0 Å². The van der Waals surface area contributed by atoms with Crippen LogP contribution in [0.2, 0.25) is 0 Å². The van der Waals surface area contributed by atoms with Gasteiger partial charge in [-0.3, -0.25) is 4.79 Å². The van der Waals surface area contributed by atoms with Gasteiger partial charge in [-0.25, -0.2) is 0 Å². The van der Waals surface area contributed by atoms with Crippen LogP contribution < -0.4 is 0 Å². The Morgan fingerprint density at radius 3 is 3.00 bits per heavy atom. The molecule has 15 heavy (non-hydrogen) atoms. The van der Waals surface area contributed by atoms with Crippen molar-refractivity contribution in [3.63, 3.8) is 0 Å². The van der Waals surface area contributed by atoms with Crippen LogP contribution in [0.3, 0.4) is 0 Å². The van der Waals surface area contributed by atoms with Crippen LogP contribution in [-0.2, 0) is 16.6 Å². The monoisotopic (exact) mass is 266 g/mol. The SMILES string of the molecule is O=C(O)[C@@H]1C[C@@]12CCc1cc(Br)ccc12. The third kappa shape index (κ3) is 1.19. The molecule has 1 aromatic rings. The predicted molar refractivity (Wildman–Crippen MR) is 59.9 cm³/mol. The van der Waals surface area contributed by atoms with E-state index in [1.807, 2.05) is 6.07 Å². The van der Waals surface area contributed by atoms with Crippen molar-refractivity contribution in [2.24, 2.45) is 5.92 Å². The van der Waals surface area contributed by atoms with E-state index in [9.17, 15) is 4.79 Å². The molecule has 0 radical (unpaired) electrons. The average molecular weight is 267 g/mol. The molecular formula is C12H11BrO2. The molecule has 1 aromatic carbocycles. The molecule has 3 rings (SSSR count). The quantitative estimate of drug-likeness (QED) is 0.849. The molecule has 0 aromatic heterocycles. The van der Waals surface area contributed by atoms with Crippen LogP contribution in [0.15, 0.2) is 22.7 Å². The first-order valence-corrected chi connectivity index (χ1v) is 5.94. The van der Waals surface area contributed by atoms with Gasteiger partial charge in [0, 0.05) is 9.89 Å². The van der Waals surface area contributed by atoms with Gasteiger partial charge >= 0.3 is 5.97 Å². The lowest BCUT2D eigenvalue weighted by Crippen LogP contribution is -2.11. The first-order valence-electron chi connectivity index (χ1n) is 5.15. The Hall–Kier alpha value is -0.830. The van der Waals surface area contributed by atoms with E-state index in [0.29, 0.717) is 0 Å². The predicted octanol–water partition coefficient (Wildman–Crippen LogP) is 2.74. The molecule has 0 unspecified atom stereocenters. The second-order valence-corrected chi connectivity index (χ2v) is 5.47. The van der Waals surface area contributed by atoms with Crippen LogP contribution in [0.5, 0.6) is 0 Å². The smallest absolute Gasteiger partial charge is 0.307 e. The fourth-order valence-electron chi connectivity index (χ4n) is 2.95. The van der Waals surface area contributed by atoms with E-state index in [1.54, 1.807) is 0 Å². The van der Waals surface area contributed by atoms with Crippen LogP contribution in [0.25, 0.3) is 0 Å². The van der Waals surface area contributed by atoms with Crippen LogP contribution in [-0.4, -0.2) is 11.1 Å². The highest BCUT2D eigenvalue weighted by Crippen LogP contribution is 2.61. The number of benzene rings is 1. The standard InChI is InChI=1S/C12H11BrO2/c13-8-1-2-9-7(5-8)3-4-12(9)6-10(12)11(14)15/h1-2,5,10H,3-4,6H2,(H,14,15)/t10-,12+/m0/s1. The summed E-state index contributed by atoms with van der Waals surface area (Å²) in [5.41, 5.74) is 2.59. The normalized spacial score (nSPS) is 31.7. The van der Waals surface area contributed by atoms with Gasteiger partial charge in [0.2, 0.25) is 0 Å². The highest BCUT2D eigenvalue weighted by atomic mass is 79.9. The minimum absolute atomic E-state index is 0.0120. The average Bonchev–Trinajstić information content (AvgIpc) is 2.80. The number of halogens is 1. The van der Waals surface area contributed by atoms with E-state index in [-0.39, 0.29) is 11.3 Å². The molecule has 0 heterocycles. The Kier molecular flexibility index (Phi) is 1.78. The van der Waals surface area contributed by atoms with Crippen molar-refractivity contribution in [1.82, 2.24) is 0 Å². The maximum atomic E-state index is 11.0. The fourth-order valence-corrected chi connectivity index (χ4v) is 3.36. The van der Waals surface area contributed by atoms with Crippen molar-refractivity contribution < 1.29 is 9.90 Å². The lowest BCUT2D eigenvalue weighted by Gasteiger charge is -2.09. The molecule has 0 bridgehead atoms. The van der Waals surface area contributed by atoms with Crippen LogP contribution in [0.1, 0.15) is 24.0 Å². The molecule has 1 N–H and O–H groups in total. The van der Waals surface area contributed by atoms with Gasteiger partial charge in [0.25, 0.3) is 0 Å². The van der Waals surface area contributed by atoms with Gasteiger partial charge in [0.1, 0.15) is 0 Å². The lowest BCUT2D eigenvalue weighted by atomic mass is 9.95. The van der Waals surface area contributed by atoms with Gasteiger partial charge in [0.15, 0.2) is 0 Å². The van der Waals surface area contributed by atoms with Gasteiger partial charge in [-0.2, -0.15) is 0 Å². The van der Waals surface area contributed by atoms with E-state index in [1.165, 1.54) is 11.1 Å². The molecule has 2 atom stereocenters. The summed E-state index contributed by atoms with van der Waals surface area (Å²) in [5, 5.41) is 9.05. The van der Waals surface area contributed by atoms with Crippen LogP contribution in [0, 0.1) is 5.92 Å². The number of aryl methyl sites for hydroxylation is 1. The number of aliphatic carboxylic acids is 1.